The molecule has 1 fully saturated rings. The molecule has 0 saturated carbocycles. The Balaban J connectivity index is 1.50. The molecule has 3 heterocycles. The van der Waals surface area contributed by atoms with Gasteiger partial charge in [-0.2, -0.15) is 0 Å². The van der Waals surface area contributed by atoms with Crippen LogP contribution < -0.4 is 0 Å². The van der Waals surface area contributed by atoms with Crippen LogP contribution in [0.4, 0.5) is 5.69 Å². The number of rotatable bonds is 4. The highest BCUT2D eigenvalue weighted by Crippen LogP contribution is 2.33. The van der Waals surface area contributed by atoms with Crippen molar-refractivity contribution in [2.75, 3.05) is 6.54 Å². The molecule has 1 aromatic heterocycles. The van der Waals surface area contributed by atoms with Crippen LogP contribution in [0.5, 0.6) is 0 Å². The van der Waals surface area contributed by atoms with Gasteiger partial charge in [0.1, 0.15) is 5.82 Å². The highest BCUT2D eigenvalue weighted by atomic mass is 16.6. The van der Waals surface area contributed by atoms with Crippen LogP contribution >= 0.6 is 0 Å². The number of carbonyl (C=O) groups is 1. The maximum atomic E-state index is 12.9. The smallest absolute Gasteiger partial charge is 0.269 e. The molecule has 142 valence electrons. The van der Waals surface area contributed by atoms with E-state index in [2.05, 4.69) is 14.8 Å². The molecule has 1 saturated heterocycles. The van der Waals surface area contributed by atoms with Crippen LogP contribution in [0.2, 0.25) is 0 Å². The first-order chi connectivity index (χ1) is 13.1. The molecule has 2 aliphatic rings. The number of aromatic nitrogens is 3. The SMILES string of the molecule is O=C(Cc1ccc([N+](=O)[O-])cc1)N1CCCC1c1nnc2n1CCCCC2. The van der Waals surface area contributed by atoms with Crippen molar-refractivity contribution in [2.45, 2.75) is 57.5 Å². The van der Waals surface area contributed by atoms with Gasteiger partial charge in [-0.1, -0.05) is 18.6 Å². The van der Waals surface area contributed by atoms with E-state index in [4.69, 9.17) is 0 Å². The highest BCUT2D eigenvalue weighted by molar-refractivity contribution is 5.79. The molecule has 1 unspecified atom stereocenters. The van der Waals surface area contributed by atoms with Crippen LogP contribution in [-0.2, 0) is 24.2 Å². The van der Waals surface area contributed by atoms with E-state index in [9.17, 15) is 14.9 Å². The van der Waals surface area contributed by atoms with Gasteiger partial charge in [0.25, 0.3) is 5.69 Å². The normalized spacial score (nSPS) is 19.6. The summed E-state index contributed by atoms with van der Waals surface area (Å²) in [6.45, 7) is 1.65. The van der Waals surface area contributed by atoms with E-state index in [1.165, 1.54) is 18.6 Å². The fraction of sp³-hybridized carbons (Fsp3) is 0.526. The average Bonchev–Trinajstić information content (AvgIpc) is 3.23. The molecule has 0 bridgehead atoms. The molecule has 8 heteroatoms. The summed E-state index contributed by atoms with van der Waals surface area (Å²) in [6.07, 6.45) is 6.54. The quantitative estimate of drug-likeness (QED) is 0.610. The van der Waals surface area contributed by atoms with E-state index >= 15 is 0 Å². The minimum atomic E-state index is -0.431. The molecule has 0 radical (unpaired) electrons. The van der Waals surface area contributed by atoms with Gasteiger partial charge >= 0.3 is 0 Å². The van der Waals surface area contributed by atoms with Gasteiger partial charge in [0.15, 0.2) is 5.82 Å². The molecule has 8 nitrogen and oxygen atoms in total. The Morgan fingerprint density at radius 1 is 1.11 bits per heavy atom. The van der Waals surface area contributed by atoms with E-state index < -0.39 is 4.92 Å². The number of amides is 1. The maximum absolute atomic E-state index is 12.9. The summed E-state index contributed by atoms with van der Waals surface area (Å²) in [5.74, 6) is 2.00. The van der Waals surface area contributed by atoms with Gasteiger partial charge in [-0.05, 0) is 31.2 Å². The fourth-order valence-corrected chi connectivity index (χ4v) is 4.10. The van der Waals surface area contributed by atoms with Gasteiger partial charge in [0, 0.05) is 31.6 Å². The molecule has 1 aromatic carbocycles. The number of likely N-dealkylation sites (tertiary alicyclic amines) is 1. The number of hydrogen-bond acceptors (Lipinski definition) is 5. The lowest BCUT2D eigenvalue weighted by molar-refractivity contribution is -0.384. The van der Waals surface area contributed by atoms with Gasteiger partial charge in [-0.25, -0.2) is 0 Å². The Hall–Kier alpha value is -2.77. The van der Waals surface area contributed by atoms with Crippen LogP contribution in [-0.4, -0.2) is 37.0 Å². The van der Waals surface area contributed by atoms with E-state index in [0.717, 1.165) is 62.4 Å². The monoisotopic (exact) mass is 369 g/mol. The Morgan fingerprint density at radius 2 is 1.93 bits per heavy atom. The summed E-state index contributed by atoms with van der Waals surface area (Å²) in [7, 11) is 0. The lowest BCUT2D eigenvalue weighted by Crippen LogP contribution is -2.33. The zero-order valence-corrected chi connectivity index (χ0v) is 15.2. The van der Waals surface area contributed by atoms with Crippen molar-refractivity contribution in [3.05, 3.63) is 51.6 Å². The third kappa shape index (κ3) is 3.56. The van der Waals surface area contributed by atoms with Crippen molar-refractivity contribution in [3.8, 4) is 0 Å². The summed E-state index contributed by atoms with van der Waals surface area (Å²) in [4.78, 5) is 25.2. The van der Waals surface area contributed by atoms with E-state index in [1.54, 1.807) is 12.1 Å². The molecule has 4 rings (SSSR count). The standard InChI is InChI=1S/C19H23N5O3/c25-18(13-14-7-9-15(10-8-14)24(26)27)22-12-4-5-16(22)19-21-20-17-6-2-1-3-11-23(17)19/h7-10,16H,1-6,11-13H2. The summed E-state index contributed by atoms with van der Waals surface area (Å²) >= 11 is 0. The first kappa shape index (κ1) is 17.6. The van der Waals surface area contributed by atoms with Gasteiger partial charge in [0.2, 0.25) is 5.91 Å². The van der Waals surface area contributed by atoms with Crippen molar-refractivity contribution in [2.24, 2.45) is 0 Å². The number of nitro groups is 1. The lowest BCUT2D eigenvalue weighted by Gasteiger charge is -2.25. The topological polar surface area (TPSA) is 94.2 Å². The van der Waals surface area contributed by atoms with Crippen molar-refractivity contribution in [3.63, 3.8) is 0 Å². The van der Waals surface area contributed by atoms with Crippen molar-refractivity contribution >= 4 is 11.6 Å². The average molecular weight is 369 g/mol. The van der Waals surface area contributed by atoms with E-state index in [-0.39, 0.29) is 24.1 Å². The third-order valence-corrected chi connectivity index (χ3v) is 5.51. The second-order valence-corrected chi connectivity index (χ2v) is 7.28. The summed E-state index contributed by atoms with van der Waals surface area (Å²) in [5, 5.41) is 19.6. The minimum Gasteiger partial charge on any atom is -0.332 e. The number of nitro benzene ring substituents is 1. The van der Waals surface area contributed by atoms with Crippen LogP contribution in [0, 0.1) is 10.1 Å². The minimum absolute atomic E-state index is 0.0186. The first-order valence-electron chi connectivity index (χ1n) is 9.58. The number of hydrogen-bond donors (Lipinski definition) is 0. The number of carbonyl (C=O) groups excluding carboxylic acids is 1. The molecule has 0 aliphatic carbocycles. The Morgan fingerprint density at radius 3 is 2.70 bits per heavy atom. The Bertz CT molecular complexity index is 846. The van der Waals surface area contributed by atoms with Crippen molar-refractivity contribution < 1.29 is 9.72 Å². The highest BCUT2D eigenvalue weighted by Gasteiger charge is 2.34. The maximum Gasteiger partial charge on any atom is 0.269 e. The number of fused-ring (bicyclic) bond motifs is 1. The number of aryl methyl sites for hydroxylation is 1. The Kier molecular flexibility index (Phi) is 4.87. The zero-order chi connectivity index (χ0) is 18.8. The predicted molar refractivity (Wildman–Crippen MR) is 98.1 cm³/mol. The fourth-order valence-electron chi connectivity index (χ4n) is 4.10. The van der Waals surface area contributed by atoms with E-state index in [0.29, 0.717) is 0 Å². The van der Waals surface area contributed by atoms with Crippen LogP contribution in [0.1, 0.15) is 55.4 Å². The molecule has 2 aromatic rings. The first-order valence-corrected chi connectivity index (χ1v) is 9.58. The molecular formula is C19H23N5O3. The molecule has 0 spiro atoms. The van der Waals surface area contributed by atoms with Crippen molar-refractivity contribution in [1.82, 2.24) is 19.7 Å². The molecule has 1 amide bonds. The summed E-state index contributed by atoms with van der Waals surface area (Å²) in [5.41, 5.74) is 0.827. The number of nitrogens with zero attached hydrogens (tertiary/aromatic N) is 5. The second-order valence-electron chi connectivity index (χ2n) is 7.28. The van der Waals surface area contributed by atoms with Crippen LogP contribution in [0.15, 0.2) is 24.3 Å². The van der Waals surface area contributed by atoms with Gasteiger partial charge in [-0.3, -0.25) is 14.9 Å². The predicted octanol–water partition coefficient (Wildman–Crippen LogP) is 2.82. The number of non-ortho nitro benzene ring substituents is 1. The molecule has 27 heavy (non-hydrogen) atoms. The third-order valence-electron chi connectivity index (χ3n) is 5.51. The van der Waals surface area contributed by atoms with Gasteiger partial charge in [0.05, 0.1) is 17.4 Å². The zero-order valence-electron chi connectivity index (χ0n) is 15.2. The molecular weight excluding hydrogens is 346 g/mol. The van der Waals surface area contributed by atoms with E-state index in [1.807, 2.05) is 4.90 Å². The lowest BCUT2D eigenvalue weighted by atomic mass is 10.1. The molecule has 2 aliphatic heterocycles. The van der Waals surface area contributed by atoms with Gasteiger partial charge < -0.3 is 9.47 Å². The van der Waals surface area contributed by atoms with Crippen molar-refractivity contribution in [1.29, 1.82) is 0 Å². The second kappa shape index (κ2) is 7.46. The van der Waals surface area contributed by atoms with Crippen LogP contribution in [0.3, 0.4) is 0 Å². The van der Waals surface area contributed by atoms with Gasteiger partial charge in [-0.15, -0.1) is 10.2 Å². The molecule has 0 N–H and O–H groups in total. The largest absolute Gasteiger partial charge is 0.332 e. The summed E-state index contributed by atoms with van der Waals surface area (Å²) < 4.78 is 2.22. The Labute approximate surface area is 157 Å². The van der Waals surface area contributed by atoms with Crippen LogP contribution in [0.25, 0.3) is 0 Å². The number of benzene rings is 1. The molecule has 1 atom stereocenters. The summed E-state index contributed by atoms with van der Waals surface area (Å²) in [6, 6.07) is 6.19.